The maximum Gasteiger partial charge on any atom is 0.338 e. The van der Waals surface area contributed by atoms with E-state index >= 15 is 0 Å². The van der Waals surface area contributed by atoms with Gasteiger partial charge in [0.25, 0.3) is 0 Å². The molecule has 2 heterocycles. The third-order valence-electron chi connectivity index (χ3n) is 5.44. The van der Waals surface area contributed by atoms with E-state index in [-0.39, 0.29) is 11.8 Å². The number of thiophene rings is 1. The monoisotopic (exact) mass is 464 g/mol. The fourth-order valence-electron chi connectivity index (χ4n) is 3.53. The SMILES string of the molecule is CCN(CC)CCOC(=O)c1ccc(Nc2ncnc3scc(-c4ccc(F)cc4)c23)cc1. The predicted molar refractivity (Wildman–Crippen MR) is 131 cm³/mol. The zero-order valence-corrected chi connectivity index (χ0v) is 19.4. The number of nitrogens with one attached hydrogen (secondary N) is 1. The summed E-state index contributed by atoms with van der Waals surface area (Å²) >= 11 is 1.51. The van der Waals surface area contributed by atoms with Crippen LogP contribution in [0.2, 0.25) is 0 Å². The number of nitrogens with zero attached hydrogens (tertiary/aromatic N) is 3. The first-order valence-electron chi connectivity index (χ1n) is 10.8. The van der Waals surface area contributed by atoms with Crippen LogP contribution in [0.1, 0.15) is 24.2 Å². The minimum Gasteiger partial charge on any atom is -0.461 e. The highest BCUT2D eigenvalue weighted by Crippen LogP contribution is 2.37. The van der Waals surface area contributed by atoms with Crippen LogP contribution < -0.4 is 5.32 Å². The van der Waals surface area contributed by atoms with Crippen molar-refractivity contribution >= 4 is 39.0 Å². The van der Waals surface area contributed by atoms with Crippen LogP contribution >= 0.6 is 11.3 Å². The van der Waals surface area contributed by atoms with E-state index in [1.165, 1.54) is 29.8 Å². The summed E-state index contributed by atoms with van der Waals surface area (Å²) in [6, 6.07) is 13.5. The fraction of sp³-hybridized carbons (Fsp3) is 0.240. The Kier molecular flexibility index (Phi) is 7.26. The molecule has 0 saturated heterocycles. The fourth-order valence-corrected chi connectivity index (χ4v) is 4.44. The first-order chi connectivity index (χ1) is 16.1. The van der Waals surface area contributed by atoms with Gasteiger partial charge in [-0.05, 0) is 55.1 Å². The number of esters is 1. The first-order valence-corrected chi connectivity index (χ1v) is 11.7. The number of anilines is 2. The summed E-state index contributed by atoms with van der Waals surface area (Å²) < 4.78 is 18.8. The molecule has 0 unspecified atom stereocenters. The van der Waals surface area contributed by atoms with Gasteiger partial charge in [-0.2, -0.15) is 0 Å². The van der Waals surface area contributed by atoms with Crippen molar-refractivity contribution in [3.63, 3.8) is 0 Å². The minimum absolute atomic E-state index is 0.278. The number of carbonyl (C=O) groups is 1. The molecule has 2 aromatic carbocycles. The Bertz CT molecular complexity index is 1220. The van der Waals surface area contributed by atoms with E-state index in [9.17, 15) is 9.18 Å². The van der Waals surface area contributed by atoms with Gasteiger partial charge in [0, 0.05) is 23.2 Å². The lowest BCUT2D eigenvalue weighted by Gasteiger charge is -2.17. The number of rotatable bonds is 9. The van der Waals surface area contributed by atoms with Gasteiger partial charge in [0.1, 0.15) is 29.4 Å². The zero-order chi connectivity index (χ0) is 23.2. The number of ether oxygens (including phenoxy) is 1. The van der Waals surface area contributed by atoms with Gasteiger partial charge in [0.2, 0.25) is 0 Å². The summed E-state index contributed by atoms with van der Waals surface area (Å²) in [5, 5.41) is 6.18. The Balaban J connectivity index is 1.49. The maximum atomic E-state index is 13.4. The number of hydrogen-bond acceptors (Lipinski definition) is 7. The lowest BCUT2D eigenvalue weighted by molar-refractivity contribution is 0.0466. The van der Waals surface area contributed by atoms with Crippen molar-refractivity contribution in [2.45, 2.75) is 13.8 Å². The lowest BCUT2D eigenvalue weighted by atomic mass is 10.1. The molecule has 1 N–H and O–H groups in total. The van der Waals surface area contributed by atoms with Crippen molar-refractivity contribution < 1.29 is 13.9 Å². The molecule has 0 aliphatic heterocycles. The van der Waals surface area contributed by atoms with Crippen LogP contribution in [0.15, 0.2) is 60.2 Å². The topological polar surface area (TPSA) is 67.3 Å². The van der Waals surface area contributed by atoms with Gasteiger partial charge in [-0.1, -0.05) is 26.0 Å². The molecule has 0 aliphatic carbocycles. The second kappa shape index (κ2) is 10.5. The van der Waals surface area contributed by atoms with Gasteiger partial charge >= 0.3 is 5.97 Å². The maximum absolute atomic E-state index is 13.4. The number of hydrogen-bond donors (Lipinski definition) is 1. The molecule has 0 amide bonds. The highest BCUT2D eigenvalue weighted by molar-refractivity contribution is 7.17. The third-order valence-corrected chi connectivity index (χ3v) is 6.33. The highest BCUT2D eigenvalue weighted by Gasteiger charge is 2.14. The number of benzene rings is 2. The number of halogens is 1. The minimum atomic E-state index is -0.338. The number of aromatic nitrogens is 2. The van der Waals surface area contributed by atoms with E-state index in [2.05, 4.69) is 34.0 Å². The average Bonchev–Trinajstić information content (AvgIpc) is 3.28. The summed E-state index contributed by atoms with van der Waals surface area (Å²) in [6.45, 7) is 7.11. The largest absolute Gasteiger partial charge is 0.461 e. The Morgan fingerprint density at radius 3 is 2.48 bits per heavy atom. The Morgan fingerprint density at radius 2 is 1.79 bits per heavy atom. The molecule has 6 nitrogen and oxygen atoms in total. The second-order valence-corrected chi connectivity index (χ2v) is 8.28. The van der Waals surface area contributed by atoms with E-state index in [4.69, 9.17) is 4.74 Å². The van der Waals surface area contributed by atoms with Gasteiger partial charge in [0.15, 0.2) is 0 Å². The first kappa shape index (κ1) is 22.8. The van der Waals surface area contributed by atoms with Crippen LogP contribution in [0.3, 0.4) is 0 Å². The van der Waals surface area contributed by atoms with Crippen LogP contribution in [0.4, 0.5) is 15.9 Å². The molecule has 0 spiro atoms. The third kappa shape index (κ3) is 5.35. The van der Waals surface area contributed by atoms with Gasteiger partial charge < -0.3 is 15.0 Å². The normalized spacial score (nSPS) is 11.2. The molecule has 170 valence electrons. The van der Waals surface area contributed by atoms with E-state index in [1.807, 2.05) is 17.5 Å². The van der Waals surface area contributed by atoms with Crippen molar-refractivity contribution in [3.05, 3.63) is 71.6 Å². The van der Waals surface area contributed by atoms with E-state index in [0.29, 0.717) is 18.0 Å². The van der Waals surface area contributed by atoms with Crippen molar-refractivity contribution in [2.75, 3.05) is 31.6 Å². The Labute approximate surface area is 196 Å². The zero-order valence-electron chi connectivity index (χ0n) is 18.5. The second-order valence-electron chi connectivity index (χ2n) is 7.42. The van der Waals surface area contributed by atoms with Gasteiger partial charge in [-0.15, -0.1) is 11.3 Å². The summed E-state index contributed by atoms with van der Waals surface area (Å²) in [5.41, 5.74) is 3.11. The van der Waals surface area contributed by atoms with Gasteiger partial charge in [0.05, 0.1) is 10.9 Å². The lowest BCUT2D eigenvalue weighted by Crippen LogP contribution is -2.27. The molecule has 0 aliphatic rings. The summed E-state index contributed by atoms with van der Waals surface area (Å²) in [5.74, 6) is 0.0317. The van der Waals surface area contributed by atoms with E-state index in [0.717, 1.165) is 46.7 Å². The molecule has 4 rings (SSSR count). The van der Waals surface area contributed by atoms with Crippen LogP contribution in [0.5, 0.6) is 0 Å². The molecule has 8 heteroatoms. The molecule has 0 fully saturated rings. The molecule has 0 radical (unpaired) electrons. The van der Waals surface area contributed by atoms with Crippen LogP contribution in [-0.4, -0.2) is 47.1 Å². The molecule has 0 saturated carbocycles. The van der Waals surface area contributed by atoms with Crippen molar-refractivity contribution in [1.82, 2.24) is 14.9 Å². The van der Waals surface area contributed by atoms with Gasteiger partial charge in [-0.25, -0.2) is 19.2 Å². The van der Waals surface area contributed by atoms with Crippen molar-refractivity contribution in [1.29, 1.82) is 0 Å². The van der Waals surface area contributed by atoms with E-state index in [1.54, 1.807) is 24.3 Å². The number of carbonyl (C=O) groups excluding carboxylic acids is 1. The highest BCUT2D eigenvalue weighted by atomic mass is 32.1. The molecule has 2 aromatic heterocycles. The smallest absolute Gasteiger partial charge is 0.338 e. The number of likely N-dealkylation sites (N-methyl/N-ethyl adjacent to an activating group) is 1. The van der Waals surface area contributed by atoms with Crippen LogP contribution in [0.25, 0.3) is 21.3 Å². The van der Waals surface area contributed by atoms with Crippen molar-refractivity contribution in [2.24, 2.45) is 0 Å². The standard InChI is InChI=1S/C25H25FN4O2S/c1-3-30(4-2)13-14-32-25(31)18-7-11-20(12-8-18)29-23-22-21(15-33-24(22)28-16-27-23)17-5-9-19(26)10-6-17/h5-12,15-16H,3-4,13-14H2,1-2H3,(H,27,28,29). The van der Waals surface area contributed by atoms with E-state index < -0.39 is 0 Å². The van der Waals surface area contributed by atoms with Crippen LogP contribution in [0, 0.1) is 5.82 Å². The molecule has 33 heavy (non-hydrogen) atoms. The molecule has 4 aromatic rings. The average molecular weight is 465 g/mol. The molecular weight excluding hydrogens is 439 g/mol. The quantitative estimate of drug-likeness (QED) is 0.319. The Morgan fingerprint density at radius 1 is 1.06 bits per heavy atom. The molecule has 0 atom stereocenters. The predicted octanol–water partition coefficient (Wildman–Crippen LogP) is 5.74. The van der Waals surface area contributed by atoms with Crippen LogP contribution in [-0.2, 0) is 4.74 Å². The Hall–Kier alpha value is -3.36. The molecule has 0 bridgehead atoms. The summed E-state index contributed by atoms with van der Waals surface area (Å²) in [4.78, 5) is 24.2. The number of fused-ring (bicyclic) bond motifs is 1. The van der Waals surface area contributed by atoms with Gasteiger partial charge in [-0.3, -0.25) is 0 Å². The summed E-state index contributed by atoms with van der Waals surface area (Å²) in [6.07, 6.45) is 1.51. The van der Waals surface area contributed by atoms with Crippen molar-refractivity contribution in [3.8, 4) is 11.1 Å². The summed E-state index contributed by atoms with van der Waals surface area (Å²) in [7, 11) is 0. The molecular formula is C25H25FN4O2S.